The molecule has 0 spiro atoms. The van der Waals surface area contributed by atoms with Crippen molar-refractivity contribution < 1.29 is 19.4 Å². The first kappa shape index (κ1) is 16.3. The van der Waals surface area contributed by atoms with Crippen LogP contribution in [0.3, 0.4) is 0 Å². The van der Waals surface area contributed by atoms with Crippen molar-refractivity contribution in [3.05, 3.63) is 38.4 Å². The number of anilines is 1. The monoisotopic (exact) mass is 316 g/mol. The quantitative estimate of drug-likeness (QED) is 0.367. The summed E-state index contributed by atoms with van der Waals surface area (Å²) in [6.45, 7) is 1.65. The Labute approximate surface area is 122 Å². The summed E-state index contributed by atoms with van der Waals surface area (Å²) >= 11 is 5.51. The van der Waals surface area contributed by atoms with Crippen LogP contribution in [-0.2, 0) is 9.53 Å². The van der Waals surface area contributed by atoms with Crippen LogP contribution in [0, 0.1) is 20.2 Å². The van der Waals surface area contributed by atoms with Gasteiger partial charge in [-0.15, -0.1) is 0 Å². The number of esters is 1. The lowest BCUT2D eigenvalue weighted by atomic mass is 10.2. The predicted molar refractivity (Wildman–Crippen MR) is 73.3 cm³/mol. The zero-order chi connectivity index (χ0) is 16.0. The van der Waals surface area contributed by atoms with E-state index in [-0.39, 0.29) is 12.3 Å². The minimum Gasteiger partial charge on any atom is -0.461 e. The molecule has 0 atom stereocenters. The van der Waals surface area contributed by atoms with Gasteiger partial charge in [0.2, 0.25) is 5.17 Å². The van der Waals surface area contributed by atoms with Crippen LogP contribution in [0.2, 0.25) is 0 Å². The molecule has 1 N–H and O–H groups in total. The zero-order valence-corrected chi connectivity index (χ0v) is 11.4. The highest BCUT2D eigenvalue weighted by Gasteiger charge is 2.19. The van der Waals surface area contributed by atoms with Gasteiger partial charge >= 0.3 is 11.7 Å². The maximum atomic E-state index is 11.2. The average molecular weight is 317 g/mol. The van der Waals surface area contributed by atoms with E-state index in [4.69, 9.17) is 11.6 Å². The topological polar surface area (TPSA) is 137 Å². The molecular weight excluding hydrogens is 308 g/mol. The summed E-state index contributed by atoms with van der Waals surface area (Å²) in [5.41, 5.74) is 0.998. The first-order valence-electron chi connectivity index (χ1n) is 5.46. The van der Waals surface area contributed by atoms with E-state index in [2.05, 4.69) is 15.3 Å². The predicted octanol–water partition coefficient (Wildman–Crippen LogP) is 2.03. The number of nitro benzene ring substituents is 2. The number of nitro groups is 2. The van der Waals surface area contributed by atoms with E-state index in [0.717, 1.165) is 18.2 Å². The molecule has 0 bridgehead atoms. The van der Waals surface area contributed by atoms with E-state index in [9.17, 15) is 25.0 Å². The number of hydrazone groups is 1. The van der Waals surface area contributed by atoms with Crippen LogP contribution in [0.25, 0.3) is 0 Å². The van der Waals surface area contributed by atoms with E-state index in [0.29, 0.717) is 0 Å². The number of carbonyl (C=O) groups is 1. The maximum absolute atomic E-state index is 11.2. The van der Waals surface area contributed by atoms with Crippen molar-refractivity contribution in [2.75, 3.05) is 12.0 Å². The lowest BCUT2D eigenvalue weighted by molar-refractivity contribution is -0.393. The van der Waals surface area contributed by atoms with Crippen molar-refractivity contribution in [2.45, 2.75) is 6.92 Å². The molecular formula is C10H9ClN4O6. The normalized spacial score (nSPS) is 10.9. The first-order valence-corrected chi connectivity index (χ1v) is 5.83. The molecule has 21 heavy (non-hydrogen) atoms. The number of benzene rings is 1. The van der Waals surface area contributed by atoms with Crippen LogP contribution < -0.4 is 5.43 Å². The Morgan fingerprint density at radius 3 is 2.57 bits per heavy atom. The highest BCUT2D eigenvalue weighted by Crippen LogP contribution is 2.28. The highest BCUT2D eigenvalue weighted by molar-refractivity contribution is 6.82. The number of hydrogen-bond donors (Lipinski definition) is 1. The Morgan fingerprint density at radius 2 is 2.05 bits per heavy atom. The summed E-state index contributed by atoms with van der Waals surface area (Å²) in [6, 6.07) is 2.88. The van der Waals surface area contributed by atoms with E-state index < -0.39 is 32.4 Å². The number of non-ortho nitro benzene ring substituents is 1. The Morgan fingerprint density at radius 1 is 1.38 bits per heavy atom. The van der Waals surface area contributed by atoms with Crippen molar-refractivity contribution in [1.29, 1.82) is 0 Å². The third-order valence-electron chi connectivity index (χ3n) is 2.11. The van der Waals surface area contributed by atoms with E-state index in [1.807, 2.05) is 0 Å². The molecule has 0 unspecified atom stereocenters. The van der Waals surface area contributed by atoms with Gasteiger partial charge in [0.05, 0.1) is 22.5 Å². The molecule has 112 valence electrons. The second kappa shape index (κ2) is 7.14. The van der Waals surface area contributed by atoms with Crippen LogP contribution in [0.15, 0.2) is 23.3 Å². The Kier molecular flexibility index (Phi) is 5.55. The maximum Gasteiger partial charge on any atom is 0.370 e. The molecule has 0 aromatic heterocycles. The molecule has 0 amide bonds. The molecule has 1 aromatic carbocycles. The van der Waals surface area contributed by atoms with Crippen LogP contribution in [0.4, 0.5) is 17.1 Å². The minimum absolute atomic E-state index is 0.0856. The number of nitrogens with zero attached hydrogens (tertiary/aromatic N) is 3. The largest absolute Gasteiger partial charge is 0.461 e. The third kappa shape index (κ3) is 4.38. The molecule has 0 radical (unpaired) electrons. The molecule has 0 aliphatic carbocycles. The standard InChI is InChI=1S/C10H9ClN4O6/c1-2-21-10(16)9(11)13-12-7-4-3-6(14(17)18)5-8(7)15(19)20/h3-5,12H,2H2,1H3/b13-9+. The van der Waals surface area contributed by atoms with E-state index in [1.54, 1.807) is 6.92 Å². The summed E-state index contributed by atoms with van der Waals surface area (Å²) in [5, 5.41) is 24.3. The minimum atomic E-state index is -0.906. The van der Waals surface area contributed by atoms with Crippen molar-refractivity contribution in [2.24, 2.45) is 5.10 Å². The lowest BCUT2D eigenvalue weighted by Crippen LogP contribution is -2.13. The molecule has 0 fully saturated rings. The molecule has 0 aliphatic rings. The first-order chi connectivity index (χ1) is 9.86. The molecule has 10 nitrogen and oxygen atoms in total. The fourth-order valence-corrected chi connectivity index (χ4v) is 1.32. The molecule has 0 heterocycles. The third-order valence-corrected chi connectivity index (χ3v) is 2.35. The summed E-state index contributed by atoms with van der Waals surface area (Å²) < 4.78 is 4.56. The Bertz CT molecular complexity index is 618. The van der Waals surface area contributed by atoms with Gasteiger partial charge in [-0.05, 0) is 13.0 Å². The fraction of sp³-hybridized carbons (Fsp3) is 0.200. The molecule has 0 saturated carbocycles. The van der Waals surface area contributed by atoms with E-state index >= 15 is 0 Å². The van der Waals surface area contributed by atoms with Crippen molar-refractivity contribution in [1.82, 2.24) is 0 Å². The molecule has 1 rings (SSSR count). The van der Waals surface area contributed by atoms with Gasteiger partial charge in [-0.3, -0.25) is 25.7 Å². The van der Waals surface area contributed by atoms with Crippen molar-refractivity contribution in [3.63, 3.8) is 0 Å². The second-order valence-electron chi connectivity index (χ2n) is 3.45. The van der Waals surface area contributed by atoms with E-state index in [1.165, 1.54) is 0 Å². The van der Waals surface area contributed by atoms with Gasteiger partial charge in [0.1, 0.15) is 5.69 Å². The van der Waals surface area contributed by atoms with Crippen molar-refractivity contribution in [3.8, 4) is 0 Å². The number of hydrogen-bond acceptors (Lipinski definition) is 8. The van der Waals surface area contributed by atoms with Gasteiger partial charge in [-0.25, -0.2) is 4.79 Å². The fourth-order valence-electron chi connectivity index (χ4n) is 1.22. The number of carbonyl (C=O) groups excluding carboxylic acids is 1. The zero-order valence-electron chi connectivity index (χ0n) is 10.6. The summed E-state index contributed by atoms with van der Waals surface area (Å²) in [7, 11) is 0. The second-order valence-corrected chi connectivity index (χ2v) is 3.81. The number of ether oxygens (including phenoxy) is 1. The van der Waals surface area contributed by atoms with Gasteiger partial charge < -0.3 is 4.74 Å². The SMILES string of the molecule is CCOC(=O)/C(Cl)=N\Nc1ccc([N+](=O)[O-])cc1[N+](=O)[O-]. The summed E-state index contributed by atoms with van der Waals surface area (Å²) in [6.07, 6.45) is 0. The summed E-state index contributed by atoms with van der Waals surface area (Å²) in [4.78, 5) is 31.0. The smallest absolute Gasteiger partial charge is 0.370 e. The van der Waals surface area contributed by atoms with Gasteiger partial charge in [0.15, 0.2) is 0 Å². The molecule has 0 aliphatic heterocycles. The summed E-state index contributed by atoms with van der Waals surface area (Å²) in [5.74, 6) is -0.906. The Hall–Kier alpha value is -2.75. The van der Waals surface area contributed by atoms with Gasteiger partial charge in [0.25, 0.3) is 5.69 Å². The average Bonchev–Trinajstić information content (AvgIpc) is 2.44. The molecule has 11 heteroatoms. The van der Waals surface area contributed by atoms with Gasteiger partial charge in [-0.1, -0.05) is 11.6 Å². The molecule has 1 aromatic rings. The van der Waals surface area contributed by atoms with Crippen LogP contribution >= 0.6 is 11.6 Å². The van der Waals surface area contributed by atoms with Gasteiger partial charge in [-0.2, -0.15) is 5.10 Å². The van der Waals surface area contributed by atoms with Crippen LogP contribution in [0.5, 0.6) is 0 Å². The van der Waals surface area contributed by atoms with Crippen LogP contribution in [0.1, 0.15) is 6.92 Å². The lowest BCUT2D eigenvalue weighted by Gasteiger charge is -2.03. The Balaban J connectivity index is 3.03. The van der Waals surface area contributed by atoms with Crippen molar-refractivity contribution >= 4 is 39.8 Å². The highest BCUT2D eigenvalue weighted by atomic mass is 35.5. The molecule has 0 saturated heterocycles. The number of halogens is 1. The number of rotatable bonds is 6. The number of nitrogens with one attached hydrogen (secondary N) is 1. The van der Waals surface area contributed by atoms with Crippen LogP contribution in [-0.4, -0.2) is 27.6 Å². The van der Waals surface area contributed by atoms with Gasteiger partial charge in [0, 0.05) is 6.07 Å².